The predicted molar refractivity (Wildman–Crippen MR) is 73.9 cm³/mol. The van der Waals surface area contributed by atoms with Crippen LogP contribution < -0.4 is 10.6 Å². The van der Waals surface area contributed by atoms with E-state index in [0.29, 0.717) is 11.4 Å². The van der Waals surface area contributed by atoms with Crippen LogP contribution in [-0.2, 0) is 4.79 Å². The SMILES string of the molecule is CCNC(=O)NC(=O)C(C)Sc1ccc(F)c(Cl)c1. The van der Waals surface area contributed by atoms with Crippen LogP contribution in [0.3, 0.4) is 0 Å². The fraction of sp³-hybridized carbons (Fsp3) is 0.333. The van der Waals surface area contributed by atoms with E-state index in [-0.39, 0.29) is 5.02 Å². The predicted octanol–water partition coefficient (Wildman–Crippen LogP) is 2.81. The van der Waals surface area contributed by atoms with Crippen molar-refractivity contribution in [2.24, 2.45) is 0 Å². The molecule has 7 heteroatoms. The summed E-state index contributed by atoms with van der Waals surface area (Å²) in [5, 5.41) is 4.18. The number of amides is 3. The maximum absolute atomic E-state index is 13.0. The largest absolute Gasteiger partial charge is 0.338 e. The highest BCUT2D eigenvalue weighted by Crippen LogP contribution is 2.27. The molecule has 0 saturated heterocycles. The van der Waals surface area contributed by atoms with Crippen LogP contribution in [0.2, 0.25) is 5.02 Å². The van der Waals surface area contributed by atoms with Crippen LogP contribution in [-0.4, -0.2) is 23.7 Å². The molecule has 4 nitrogen and oxygen atoms in total. The van der Waals surface area contributed by atoms with Crippen LogP contribution in [0, 0.1) is 5.82 Å². The number of imide groups is 1. The number of halogens is 2. The molecule has 0 aliphatic heterocycles. The minimum atomic E-state index is -0.530. The summed E-state index contributed by atoms with van der Waals surface area (Å²) in [6.45, 7) is 3.84. The Balaban J connectivity index is 2.58. The highest BCUT2D eigenvalue weighted by molar-refractivity contribution is 8.00. The second-order valence-corrected chi connectivity index (χ2v) is 5.51. The third-order valence-corrected chi connectivity index (χ3v) is 3.53. The molecule has 1 aromatic rings. The maximum atomic E-state index is 13.0. The van der Waals surface area contributed by atoms with Gasteiger partial charge < -0.3 is 5.32 Å². The van der Waals surface area contributed by atoms with Crippen molar-refractivity contribution in [1.29, 1.82) is 0 Å². The van der Waals surface area contributed by atoms with Gasteiger partial charge in [-0.1, -0.05) is 11.6 Å². The zero-order valence-electron chi connectivity index (χ0n) is 10.5. The molecule has 1 unspecified atom stereocenters. The first kappa shape index (κ1) is 15.8. The molecule has 19 heavy (non-hydrogen) atoms. The molecule has 1 aromatic carbocycles. The van der Waals surface area contributed by atoms with E-state index in [1.807, 2.05) is 0 Å². The van der Waals surface area contributed by atoms with Crippen LogP contribution >= 0.6 is 23.4 Å². The van der Waals surface area contributed by atoms with Crippen LogP contribution in [0.4, 0.5) is 9.18 Å². The Bertz CT molecular complexity index is 485. The Morgan fingerprint density at radius 3 is 2.74 bits per heavy atom. The lowest BCUT2D eigenvalue weighted by Gasteiger charge is -2.11. The van der Waals surface area contributed by atoms with Crippen molar-refractivity contribution in [3.05, 3.63) is 29.0 Å². The summed E-state index contributed by atoms with van der Waals surface area (Å²) >= 11 is 6.84. The van der Waals surface area contributed by atoms with E-state index in [0.717, 1.165) is 0 Å². The minimum absolute atomic E-state index is 0.00124. The van der Waals surface area contributed by atoms with E-state index in [2.05, 4.69) is 10.6 Å². The number of carbonyl (C=O) groups excluding carboxylic acids is 2. The van der Waals surface area contributed by atoms with Gasteiger partial charge in [-0.3, -0.25) is 10.1 Å². The number of nitrogens with one attached hydrogen (secondary N) is 2. The highest BCUT2D eigenvalue weighted by atomic mass is 35.5. The maximum Gasteiger partial charge on any atom is 0.321 e. The van der Waals surface area contributed by atoms with Crippen molar-refractivity contribution >= 4 is 35.3 Å². The first-order valence-electron chi connectivity index (χ1n) is 5.64. The number of hydrogen-bond donors (Lipinski definition) is 2. The van der Waals surface area contributed by atoms with Crippen LogP contribution in [0.25, 0.3) is 0 Å². The van der Waals surface area contributed by atoms with Crippen LogP contribution in [0.15, 0.2) is 23.1 Å². The first-order valence-corrected chi connectivity index (χ1v) is 6.90. The summed E-state index contributed by atoms with van der Waals surface area (Å²) in [4.78, 5) is 23.5. The molecule has 1 atom stereocenters. The molecule has 0 heterocycles. The van der Waals surface area contributed by atoms with Crippen molar-refractivity contribution in [1.82, 2.24) is 10.6 Å². The summed E-state index contributed by atoms with van der Waals surface area (Å²) in [7, 11) is 0. The summed E-state index contributed by atoms with van der Waals surface area (Å²) in [5.41, 5.74) is 0. The number of benzene rings is 1. The Labute approximate surface area is 120 Å². The fourth-order valence-corrected chi connectivity index (χ4v) is 2.38. The fourth-order valence-electron chi connectivity index (χ4n) is 1.23. The summed E-state index contributed by atoms with van der Waals surface area (Å²) in [6.07, 6.45) is 0. The number of urea groups is 1. The monoisotopic (exact) mass is 304 g/mol. The van der Waals surface area contributed by atoms with Crippen molar-refractivity contribution in [3.63, 3.8) is 0 Å². The van der Waals surface area contributed by atoms with Gasteiger partial charge in [0.15, 0.2) is 0 Å². The molecule has 1 rings (SSSR count). The molecule has 3 amide bonds. The quantitative estimate of drug-likeness (QED) is 0.841. The lowest BCUT2D eigenvalue weighted by atomic mass is 10.3. The van der Waals surface area contributed by atoms with Gasteiger partial charge in [-0.2, -0.15) is 0 Å². The van der Waals surface area contributed by atoms with E-state index in [1.165, 1.54) is 30.0 Å². The number of rotatable bonds is 4. The van der Waals surface area contributed by atoms with Gasteiger partial charge in [-0.15, -0.1) is 11.8 Å². The van der Waals surface area contributed by atoms with Gasteiger partial charge in [0.2, 0.25) is 5.91 Å². The van der Waals surface area contributed by atoms with Crippen LogP contribution in [0.1, 0.15) is 13.8 Å². The zero-order valence-corrected chi connectivity index (χ0v) is 12.1. The van der Waals surface area contributed by atoms with Crippen molar-refractivity contribution in [2.75, 3.05) is 6.54 Å². The Morgan fingerprint density at radius 2 is 2.16 bits per heavy atom. The standard InChI is InChI=1S/C12H14ClFN2O2S/c1-3-15-12(18)16-11(17)7(2)19-8-4-5-10(14)9(13)6-8/h4-7H,3H2,1-2H3,(H2,15,16,17,18). The normalized spacial score (nSPS) is 11.8. The molecular formula is C12H14ClFN2O2S. The van der Waals surface area contributed by atoms with Crippen molar-refractivity contribution < 1.29 is 14.0 Å². The van der Waals surface area contributed by atoms with Gasteiger partial charge in [0, 0.05) is 11.4 Å². The Kier molecular flexibility index (Phi) is 6.11. The van der Waals surface area contributed by atoms with E-state index in [9.17, 15) is 14.0 Å². The molecule has 0 bridgehead atoms. The average Bonchev–Trinajstić information content (AvgIpc) is 2.34. The van der Waals surface area contributed by atoms with Gasteiger partial charge in [0.25, 0.3) is 0 Å². The van der Waals surface area contributed by atoms with Gasteiger partial charge >= 0.3 is 6.03 Å². The molecule has 0 spiro atoms. The number of hydrogen-bond acceptors (Lipinski definition) is 3. The lowest BCUT2D eigenvalue weighted by Crippen LogP contribution is -2.42. The Hall–Kier alpha value is -1.27. The molecule has 0 aliphatic rings. The lowest BCUT2D eigenvalue weighted by molar-refractivity contribution is -0.119. The zero-order chi connectivity index (χ0) is 14.4. The summed E-state index contributed by atoms with van der Waals surface area (Å²) in [5.74, 6) is -0.929. The average molecular weight is 305 g/mol. The second kappa shape index (κ2) is 7.35. The van der Waals surface area contributed by atoms with Gasteiger partial charge in [0.1, 0.15) is 5.82 Å². The van der Waals surface area contributed by atoms with E-state index < -0.39 is 23.0 Å². The van der Waals surface area contributed by atoms with Gasteiger partial charge in [-0.25, -0.2) is 9.18 Å². The third kappa shape index (κ3) is 5.08. The molecule has 0 radical (unpaired) electrons. The summed E-state index contributed by atoms with van der Waals surface area (Å²) in [6, 6.07) is 3.68. The summed E-state index contributed by atoms with van der Waals surface area (Å²) < 4.78 is 13.0. The van der Waals surface area contributed by atoms with Crippen molar-refractivity contribution in [3.8, 4) is 0 Å². The smallest absolute Gasteiger partial charge is 0.321 e. The molecule has 0 aliphatic carbocycles. The number of thioether (sulfide) groups is 1. The molecule has 0 saturated carbocycles. The third-order valence-electron chi connectivity index (χ3n) is 2.15. The van der Waals surface area contributed by atoms with E-state index in [1.54, 1.807) is 13.8 Å². The van der Waals surface area contributed by atoms with Gasteiger partial charge in [-0.05, 0) is 32.0 Å². The molecule has 2 N–H and O–H groups in total. The molecular weight excluding hydrogens is 291 g/mol. The topological polar surface area (TPSA) is 58.2 Å². The second-order valence-electron chi connectivity index (χ2n) is 3.68. The number of carbonyl (C=O) groups is 2. The molecule has 0 fully saturated rings. The van der Waals surface area contributed by atoms with Crippen molar-refractivity contribution in [2.45, 2.75) is 24.0 Å². The van der Waals surface area contributed by atoms with E-state index in [4.69, 9.17) is 11.6 Å². The molecule has 104 valence electrons. The van der Waals surface area contributed by atoms with Gasteiger partial charge in [0.05, 0.1) is 10.3 Å². The van der Waals surface area contributed by atoms with Crippen LogP contribution in [0.5, 0.6) is 0 Å². The first-order chi connectivity index (χ1) is 8.93. The Morgan fingerprint density at radius 1 is 1.47 bits per heavy atom. The minimum Gasteiger partial charge on any atom is -0.338 e. The molecule has 0 aromatic heterocycles. The van der Waals surface area contributed by atoms with E-state index >= 15 is 0 Å². The highest BCUT2D eigenvalue weighted by Gasteiger charge is 2.17.